The highest BCUT2D eigenvalue weighted by Gasteiger charge is 2.49. The van der Waals surface area contributed by atoms with E-state index < -0.39 is 5.60 Å². The van der Waals surface area contributed by atoms with Gasteiger partial charge in [-0.1, -0.05) is 12.1 Å². The average Bonchev–Trinajstić information content (AvgIpc) is 2.77. The highest BCUT2D eigenvalue weighted by molar-refractivity contribution is 6.06. The summed E-state index contributed by atoms with van der Waals surface area (Å²) in [5, 5.41) is 8.86. The zero-order valence-corrected chi connectivity index (χ0v) is 9.47. The predicted octanol–water partition coefficient (Wildman–Crippen LogP) is 1.69. The van der Waals surface area contributed by atoms with E-state index in [1.165, 1.54) is 6.08 Å². The third kappa shape index (κ3) is 1.31. The zero-order valence-electron chi connectivity index (χ0n) is 9.47. The molecule has 2 aliphatic rings. The molecule has 0 bridgehead atoms. The Balaban J connectivity index is 2.20. The number of rotatable bonds is 0. The standard InChI is InChI=1S/C14H9NO3/c15-8-9-1-3-11-10(7-9)2-4-12(16)14(11)6-5-13(17)18-14/h1-4,7H,5-6H2/t14-/m0/s1. The maximum absolute atomic E-state index is 12.1. The molecule has 3 rings (SSSR count). The minimum absolute atomic E-state index is 0.203. The molecule has 4 nitrogen and oxygen atoms in total. The SMILES string of the molecule is N#Cc1ccc2c(c1)C=CC(=O)[C@]21CCC(=O)O1. The molecule has 1 atom stereocenters. The number of carbonyl (C=O) groups excluding carboxylic acids is 2. The molecular formula is C14H9NO3. The first-order chi connectivity index (χ1) is 8.65. The number of ether oxygens (including phenoxy) is 1. The lowest BCUT2D eigenvalue weighted by atomic mass is 9.79. The summed E-state index contributed by atoms with van der Waals surface area (Å²) in [5.74, 6) is -0.556. The Morgan fingerprint density at radius 1 is 1.28 bits per heavy atom. The van der Waals surface area contributed by atoms with E-state index in [1.54, 1.807) is 24.3 Å². The summed E-state index contributed by atoms with van der Waals surface area (Å²) in [4.78, 5) is 23.4. The molecule has 4 heteroatoms. The normalized spacial score (nSPS) is 24.8. The molecule has 18 heavy (non-hydrogen) atoms. The number of ketones is 1. The lowest BCUT2D eigenvalue weighted by molar-refractivity contribution is -0.156. The third-order valence-electron chi connectivity index (χ3n) is 3.40. The van der Waals surface area contributed by atoms with Gasteiger partial charge in [0.2, 0.25) is 5.78 Å². The molecule has 0 amide bonds. The summed E-state index contributed by atoms with van der Waals surface area (Å²) in [5.41, 5.74) is 0.810. The second-order valence-electron chi connectivity index (χ2n) is 4.41. The van der Waals surface area contributed by atoms with E-state index in [2.05, 4.69) is 0 Å². The highest BCUT2D eigenvalue weighted by atomic mass is 16.6. The van der Waals surface area contributed by atoms with Crippen LogP contribution in [0.5, 0.6) is 0 Å². The van der Waals surface area contributed by atoms with Gasteiger partial charge in [0.1, 0.15) is 0 Å². The van der Waals surface area contributed by atoms with Crippen molar-refractivity contribution in [2.45, 2.75) is 18.4 Å². The van der Waals surface area contributed by atoms with Gasteiger partial charge in [-0.15, -0.1) is 0 Å². The first kappa shape index (κ1) is 10.7. The van der Waals surface area contributed by atoms with Gasteiger partial charge in [-0.2, -0.15) is 5.26 Å². The van der Waals surface area contributed by atoms with Crippen molar-refractivity contribution in [3.8, 4) is 6.07 Å². The molecule has 0 saturated carbocycles. The van der Waals surface area contributed by atoms with Crippen molar-refractivity contribution in [1.29, 1.82) is 5.26 Å². The first-order valence-electron chi connectivity index (χ1n) is 5.65. The van der Waals surface area contributed by atoms with Crippen LogP contribution in [-0.2, 0) is 19.9 Å². The van der Waals surface area contributed by atoms with Gasteiger partial charge in [0.25, 0.3) is 0 Å². The fraction of sp³-hybridized carbons (Fsp3) is 0.214. The number of esters is 1. The minimum atomic E-state index is -1.16. The lowest BCUT2D eigenvalue weighted by Gasteiger charge is -2.29. The molecule has 1 fully saturated rings. The van der Waals surface area contributed by atoms with Gasteiger partial charge in [-0.05, 0) is 23.8 Å². The first-order valence-corrected chi connectivity index (χ1v) is 5.65. The molecule has 1 aliphatic carbocycles. The largest absolute Gasteiger partial charge is 0.446 e. The Morgan fingerprint density at radius 2 is 2.11 bits per heavy atom. The summed E-state index contributed by atoms with van der Waals surface area (Å²) in [6.07, 6.45) is 3.70. The van der Waals surface area contributed by atoms with Crippen LogP contribution in [0.15, 0.2) is 24.3 Å². The molecule has 1 spiro atoms. The molecular weight excluding hydrogens is 230 g/mol. The fourth-order valence-electron chi connectivity index (χ4n) is 2.51. The molecule has 1 aromatic carbocycles. The van der Waals surface area contributed by atoms with Crippen LogP contribution >= 0.6 is 0 Å². The van der Waals surface area contributed by atoms with Crippen LogP contribution < -0.4 is 0 Å². The van der Waals surface area contributed by atoms with Gasteiger partial charge in [0.05, 0.1) is 18.1 Å². The van der Waals surface area contributed by atoms with Gasteiger partial charge < -0.3 is 4.74 Å². The summed E-state index contributed by atoms with van der Waals surface area (Å²) >= 11 is 0. The molecule has 1 saturated heterocycles. The van der Waals surface area contributed by atoms with Crippen LogP contribution in [0, 0.1) is 11.3 Å². The van der Waals surface area contributed by atoms with Crippen molar-refractivity contribution in [1.82, 2.24) is 0 Å². The summed E-state index contributed by atoms with van der Waals surface area (Å²) in [6.45, 7) is 0. The van der Waals surface area contributed by atoms with Crippen molar-refractivity contribution in [3.05, 3.63) is 41.0 Å². The van der Waals surface area contributed by atoms with E-state index in [0.29, 0.717) is 17.5 Å². The van der Waals surface area contributed by atoms with Crippen LogP contribution in [0.25, 0.3) is 6.08 Å². The Kier molecular flexibility index (Phi) is 2.11. The summed E-state index contributed by atoms with van der Waals surface area (Å²) in [6, 6.07) is 7.09. The number of benzene rings is 1. The topological polar surface area (TPSA) is 67.2 Å². The molecule has 88 valence electrons. The third-order valence-corrected chi connectivity index (χ3v) is 3.40. The molecule has 0 aromatic heterocycles. The number of nitriles is 1. The number of carbonyl (C=O) groups is 2. The van der Waals surface area contributed by atoms with E-state index >= 15 is 0 Å². The fourth-order valence-corrected chi connectivity index (χ4v) is 2.51. The second-order valence-corrected chi connectivity index (χ2v) is 4.41. The van der Waals surface area contributed by atoms with E-state index in [-0.39, 0.29) is 18.2 Å². The van der Waals surface area contributed by atoms with Crippen LogP contribution in [0.2, 0.25) is 0 Å². The minimum Gasteiger partial charge on any atom is -0.446 e. The van der Waals surface area contributed by atoms with Gasteiger partial charge in [-0.3, -0.25) is 9.59 Å². The van der Waals surface area contributed by atoms with Crippen LogP contribution in [-0.4, -0.2) is 11.8 Å². The van der Waals surface area contributed by atoms with E-state index in [4.69, 9.17) is 10.00 Å². The smallest absolute Gasteiger partial charge is 0.307 e. The highest BCUT2D eigenvalue weighted by Crippen LogP contribution is 2.42. The maximum Gasteiger partial charge on any atom is 0.307 e. The van der Waals surface area contributed by atoms with E-state index in [0.717, 1.165) is 5.56 Å². The number of fused-ring (bicyclic) bond motifs is 2. The molecule has 0 N–H and O–H groups in total. The second kappa shape index (κ2) is 3.54. The maximum atomic E-state index is 12.1. The molecule has 0 unspecified atom stereocenters. The van der Waals surface area contributed by atoms with Gasteiger partial charge in [0.15, 0.2) is 5.60 Å². The quantitative estimate of drug-likeness (QED) is 0.646. The van der Waals surface area contributed by atoms with E-state index in [9.17, 15) is 9.59 Å². The summed E-state index contributed by atoms with van der Waals surface area (Å²) in [7, 11) is 0. The molecule has 1 heterocycles. The van der Waals surface area contributed by atoms with Crippen molar-refractivity contribution in [3.63, 3.8) is 0 Å². The zero-order chi connectivity index (χ0) is 12.8. The van der Waals surface area contributed by atoms with Crippen molar-refractivity contribution in [2.75, 3.05) is 0 Å². The lowest BCUT2D eigenvalue weighted by Crippen LogP contribution is -2.36. The number of hydrogen-bond acceptors (Lipinski definition) is 4. The Labute approximate surface area is 103 Å². The van der Waals surface area contributed by atoms with E-state index in [1.807, 2.05) is 6.07 Å². The molecule has 1 aliphatic heterocycles. The molecule has 0 radical (unpaired) electrons. The van der Waals surface area contributed by atoms with Gasteiger partial charge in [0, 0.05) is 12.0 Å². The van der Waals surface area contributed by atoms with Gasteiger partial charge in [-0.25, -0.2) is 0 Å². The Bertz CT molecular complexity index is 639. The van der Waals surface area contributed by atoms with Crippen molar-refractivity contribution < 1.29 is 14.3 Å². The van der Waals surface area contributed by atoms with Crippen molar-refractivity contribution >= 4 is 17.8 Å². The average molecular weight is 239 g/mol. The monoisotopic (exact) mass is 239 g/mol. The van der Waals surface area contributed by atoms with Crippen LogP contribution in [0.1, 0.15) is 29.5 Å². The van der Waals surface area contributed by atoms with Crippen LogP contribution in [0.3, 0.4) is 0 Å². The Hall–Kier alpha value is -2.41. The number of hydrogen-bond donors (Lipinski definition) is 0. The number of nitrogens with zero attached hydrogens (tertiary/aromatic N) is 1. The van der Waals surface area contributed by atoms with Gasteiger partial charge >= 0.3 is 5.97 Å². The van der Waals surface area contributed by atoms with Crippen molar-refractivity contribution in [2.24, 2.45) is 0 Å². The predicted molar refractivity (Wildman–Crippen MR) is 62.2 cm³/mol. The molecule has 1 aromatic rings. The van der Waals surface area contributed by atoms with Crippen LogP contribution in [0.4, 0.5) is 0 Å². The summed E-state index contributed by atoms with van der Waals surface area (Å²) < 4.78 is 5.28. The Morgan fingerprint density at radius 3 is 2.78 bits per heavy atom.